The maximum absolute atomic E-state index is 15.1. The van der Waals surface area contributed by atoms with Gasteiger partial charge in [-0.1, -0.05) is 26.0 Å². The summed E-state index contributed by atoms with van der Waals surface area (Å²) in [6.45, 7) is 4.82. The third-order valence-electron chi connectivity index (χ3n) is 12.2. The lowest BCUT2D eigenvalue weighted by molar-refractivity contribution is -0.222. The minimum atomic E-state index is -5.11. The summed E-state index contributed by atoms with van der Waals surface area (Å²) in [5, 5.41) is 13.5. The van der Waals surface area contributed by atoms with Gasteiger partial charge in [0.2, 0.25) is 27.7 Å². The lowest BCUT2D eigenvalue weighted by Gasteiger charge is -2.45. The number of alkyl halides is 3. The Bertz CT molecular complexity index is 2150. The number of carbonyl (C=O) groups excluding carboxylic acids is 3. The van der Waals surface area contributed by atoms with Crippen LogP contribution in [-0.4, -0.2) is 127 Å². The van der Waals surface area contributed by atoms with Gasteiger partial charge in [-0.15, -0.1) is 0 Å². The number of ether oxygens (including phenoxy) is 4. The Hall–Kier alpha value is -4.85. The number of carbonyl (C=O) groups is 4. The molecule has 4 aliphatic rings. The molecule has 2 saturated carbocycles. The highest BCUT2D eigenvalue weighted by Crippen LogP contribution is 2.47. The van der Waals surface area contributed by atoms with E-state index in [-0.39, 0.29) is 55.7 Å². The zero-order valence-electron chi connectivity index (χ0n) is 35.0. The molecule has 1 aromatic carbocycles. The van der Waals surface area contributed by atoms with Gasteiger partial charge in [0.1, 0.15) is 47.4 Å². The molecule has 0 bridgehead atoms. The van der Waals surface area contributed by atoms with Gasteiger partial charge in [0.15, 0.2) is 0 Å². The normalized spacial score (nSPS) is 27.5. The predicted molar refractivity (Wildman–Crippen MR) is 214 cm³/mol. The van der Waals surface area contributed by atoms with Crippen molar-refractivity contribution in [3.05, 3.63) is 36.5 Å². The molecular weight excluding hydrogens is 828 g/mol. The second kappa shape index (κ2) is 17.5. The van der Waals surface area contributed by atoms with Gasteiger partial charge in [0.25, 0.3) is 5.91 Å². The van der Waals surface area contributed by atoms with E-state index in [9.17, 15) is 41.1 Å². The molecule has 3 fully saturated rings. The molecule has 0 spiro atoms. The largest absolute Gasteiger partial charge is 0.497 e. The number of fused-ring (bicyclic) bond motifs is 3. The molecule has 2 aromatic rings. The number of methoxy groups -OCH3 is 2. The molecule has 2 aliphatic heterocycles. The van der Waals surface area contributed by atoms with Crippen LogP contribution in [0, 0.1) is 17.8 Å². The molecule has 1 aromatic heterocycles. The summed E-state index contributed by atoms with van der Waals surface area (Å²) < 4.78 is 95.1. The van der Waals surface area contributed by atoms with E-state index in [1.54, 1.807) is 30.4 Å². The van der Waals surface area contributed by atoms with Gasteiger partial charge in [0, 0.05) is 30.2 Å². The average molecular weight is 882 g/mol. The Morgan fingerprint density at radius 2 is 1.80 bits per heavy atom. The standard InChI is InChI=1S/C41H54F3N5O11S/c1-23-9-7-8-10-25-20-40(25,37(52)47-61(55,56)28-12-13-28)46-34(50)31-19-27(60-35-29-14-11-26(58-6)18-30(29)32(21-45-35)59-16-15-57-5)22-48(31)36(51)33(24(2)17-23)49(38(53)54)39(3,4)41(42,43)44/h8,10-11,14,18,21,23-25,27-28,31,33H,7,9,12-13,15-17,19-20,22H2,1-6H3,(H,46,50)(H,47,52)(H,53,54)/t23-,24+,25+,27+,31-,33-,40+/m0/s1. The zero-order chi connectivity index (χ0) is 44.7. The summed E-state index contributed by atoms with van der Waals surface area (Å²) in [6, 6.07) is 1.61. The van der Waals surface area contributed by atoms with Gasteiger partial charge >= 0.3 is 12.3 Å². The second-order valence-electron chi connectivity index (χ2n) is 17.1. The summed E-state index contributed by atoms with van der Waals surface area (Å²) >= 11 is 0. The van der Waals surface area contributed by atoms with Crippen molar-refractivity contribution in [2.75, 3.05) is 34.0 Å². The smallest absolute Gasteiger partial charge is 0.411 e. The number of halogens is 3. The number of sulfonamides is 1. The lowest BCUT2D eigenvalue weighted by atomic mass is 9.85. The Labute approximate surface area is 352 Å². The molecule has 7 atom stereocenters. The molecule has 20 heteroatoms. The summed E-state index contributed by atoms with van der Waals surface area (Å²) in [5.41, 5.74) is -4.77. The van der Waals surface area contributed by atoms with Crippen LogP contribution in [0.5, 0.6) is 17.4 Å². The van der Waals surface area contributed by atoms with Crippen LogP contribution < -0.4 is 24.2 Å². The molecule has 3 heterocycles. The van der Waals surface area contributed by atoms with E-state index in [4.69, 9.17) is 18.9 Å². The Morgan fingerprint density at radius 3 is 2.44 bits per heavy atom. The molecule has 0 radical (unpaired) electrons. The minimum absolute atomic E-state index is 0.0435. The third-order valence-corrected chi connectivity index (χ3v) is 14.0. The summed E-state index contributed by atoms with van der Waals surface area (Å²) in [7, 11) is -1.03. The van der Waals surface area contributed by atoms with E-state index < -0.39 is 86.4 Å². The number of nitrogens with zero attached hydrogens (tertiary/aromatic N) is 3. The topological polar surface area (TPSA) is 203 Å². The molecular formula is C41H54F3N5O11S. The first-order valence-electron chi connectivity index (χ1n) is 20.3. The van der Waals surface area contributed by atoms with E-state index in [2.05, 4.69) is 15.0 Å². The number of aromatic nitrogens is 1. The van der Waals surface area contributed by atoms with Crippen LogP contribution in [0.3, 0.4) is 0 Å². The first-order chi connectivity index (χ1) is 28.6. The van der Waals surface area contributed by atoms with Crippen molar-refractivity contribution < 1.29 is 64.8 Å². The number of rotatable bonds is 12. The fraction of sp³-hybridized carbons (Fsp3) is 0.634. The molecule has 4 amide bonds. The van der Waals surface area contributed by atoms with Gasteiger partial charge in [-0.25, -0.2) is 18.2 Å². The average Bonchev–Trinajstić information content (AvgIpc) is 4.11. The molecule has 16 nitrogen and oxygen atoms in total. The van der Waals surface area contributed by atoms with Crippen molar-refractivity contribution in [2.45, 2.75) is 113 Å². The minimum Gasteiger partial charge on any atom is -0.497 e. The number of hydrogen-bond acceptors (Lipinski definition) is 11. The monoisotopic (exact) mass is 881 g/mol. The van der Waals surface area contributed by atoms with Gasteiger partial charge < -0.3 is 34.3 Å². The maximum Gasteiger partial charge on any atom is 0.411 e. The lowest BCUT2D eigenvalue weighted by Crippen LogP contribution is -2.66. The molecule has 3 N–H and O–H groups in total. The number of hydrogen-bond donors (Lipinski definition) is 3. The van der Waals surface area contributed by atoms with E-state index in [0.717, 1.165) is 4.90 Å². The molecule has 336 valence electrons. The maximum atomic E-state index is 15.1. The van der Waals surface area contributed by atoms with Gasteiger partial charge in [-0.3, -0.25) is 24.0 Å². The van der Waals surface area contributed by atoms with Crippen molar-refractivity contribution in [3.8, 4) is 17.4 Å². The van der Waals surface area contributed by atoms with Crippen LogP contribution in [0.2, 0.25) is 0 Å². The van der Waals surface area contributed by atoms with Crippen LogP contribution in [0.1, 0.15) is 72.6 Å². The number of pyridine rings is 1. The van der Waals surface area contributed by atoms with Gasteiger partial charge in [-0.05, 0) is 82.4 Å². The highest BCUT2D eigenvalue weighted by molar-refractivity contribution is 7.91. The number of benzene rings is 1. The first-order valence-corrected chi connectivity index (χ1v) is 21.9. The van der Waals surface area contributed by atoms with Crippen molar-refractivity contribution in [3.63, 3.8) is 0 Å². The predicted octanol–water partition coefficient (Wildman–Crippen LogP) is 4.80. The highest BCUT2D eigenvalue weighted by atomic mass is 32.2. The molecule has 61 heavy (non-hydrogen) atoms. The van der Waals surface area contributed by atoms with Crippen molar-refractivity contribution in [1.29, 1.82) is 0 Å². The molecule has 6 rings (SSSR count). The fourth-order valence-electron chi connectivity index (χ4n) is 8.38. The van der Waals surface area contributed by atoms with Crippen molar-refractivity contribution in [2.24, 2.45) is 17.8 Å². The van der Waals surface area contributed by atoms with E-state index in [0.29, 0.717) is 61.8 Å². The zero-order valence-corrected chi connectivity index (χ0v) is 35.8. The quantitative estimate of drug-likeness (QED) is 0.195. The molecule has 0 unspecified atom stereocenters. The van der Waals surface area contributed by atoms with Crippen LogP contribution in [0.25, 0.3) is 10.8 Å². The van der Waals surface area contributed by atoms with Crippen molar-refractivity contribution >= 4 is 44.6 Å². The number of carboxylic acid groups (broad SMARTS) is 1. The van der Waals surface area contributed by atoms with Crippen LogP contribution in [-0.2, 0) is 29.1 Å². The van der Waals surface area contributed by atoms with Gasteiger partial charge in [0.05, 0.1) is 31.7 Å². The second-order valence-corrected chi connectivity index (χ2v) is 19.0. The summed E-state index contributed by atoms with van der Waals surface area (Å²) in [6.07, 6.45) is -1.53. The third kappa shape index (κ3) is 9.49. The number of allylic oxidation sites excluding steroid dienone is 1. The van der Waals surface area contributed by atoms with E-state index in [1.807, 2.05) is 6.92 Å². The Balaban J connectivity index is 1.42. The van der Waals surface area contributed by atoms with E-state index in [1.165, 1.54) is 27.3 Å². The number of amides is 4. The molecule has 1 saturated heterocycles. The van der Waals surface area contributed by atoms with Crippen molar-refractivity contribution in [1.82, 2.24) is 24.8 Å². The van der Waals surface area contributed by atoms with Crippen LogP contribution in [0.4, 0.5) is 18.0 Å². The van der Waals surface area contributed by atoms with Crippen LogP contribution >= 0.6 is 0 Å². The van der Waals surface area contributed by atoms with E-state index >= 15 is 4.79 Å². The number of nitrogens with one attached hydrogen (secondary N) is 2. The van der Waals surface area contributed by atoms with Crippen LogP contribution in [0.15, 0.2) is 36.5 Å². The summed E-state index contributed by atoms with van der Waals surface area (Å²) in [4.78, 5) is 62.1. The Morgan fingerprint density at radius 1 is 1.08 bits per heavy atom. The fourth-order valence-corrected chi connectivity index (χ4v) is 9.75. The van der Waals surface area contributed by atoms with Gasteiger partial charge in [-0.2, -0.15) is 13.2 Å². The first kappa shape index (κ1) is 45.7. The highest BCUT2D eigenvalue weighted by Gasteiger charge is 2.63. The Kier molecular flexibility index (Phi) is 13.1. The molecule has 2 aliphatic carbocycles. The summed E-state index contributed by atoms with van der Waals surface area (Å²) in [5.74, 6) is -3.76. The SMILES string of the molecule is COCCOc1cnc(O[C@@H]2C[C@H]3C(=O)N[C@]4(C(=O)NS(=O)(=O)C5CC5)C[C@H]4C=CCC[C@H](C)C[C@@H](C)[C@H](N(C(=O)O)C(C)(C)C(F)(F)F)C(=O)N3C2)c2ccc(OC)cc12.